The number of benzene rings is 1. The SMILES string of the molecule is CCC#CNC(=O)c1ccc(OC)cc1. The van der Waals surface area contributed by atoms with Crippen molar-refractivity contribution in [3.05, 3.63) is 29.8 Å². The molecule has 0 aliphatic heterocycles. The standard InChI is InChI=1S/C12H13NO2/c1-3-4-9-13-12(14)10-5-7-11(15-2)8-6-10/h5-8H,3H2,1-2H3,(H,13,14). The first kappa shape index (κ1) is 11.1. The first-order valence-electron chi connectivity index (χ1n) is 4.70. The molecule has 3 nitrogen and oxygen atoms in total. The van der Waals surface area contributed by atoms with Gasteiger partial charge in [0.2, 0.25) is 0 Å². The van der Waals surface area contributed by atoms with Gasteiger partial charge in [-0.05, 0) is 24.3 Å². The number of carbonyl (C=O) groups is 1. The Balaban J connectivity index is 2.66. The highest BCUT2D eigenvalue weighted by atomic mass is 16.5. The highest BCUT2D eigenvalue weighted by Gasteiger charge is 2.02. The summed E-state index contributed by atoms with van der Waals surface area (Å²) >= 11 is 0. The van der Waals surface area contributed by atoms with E-state index in [1.165, 1.54) is 0 Å². The third-order valence-electron chi connectivity index (χ3n) is 1.79. The minimum Gasteiger partial charge on any atom is -0.497 e. The molecule has 0 aliphatic rings. The number of amides is 1. The minimum atomic E-state index is -0.196. The molecule has 0 aliphatic carbocycles. The largest absolute Gasteiger partial charge is 0.497 e. The van der Waals surface area contributed by atoms with Gasteiger partial charge in [0.25, 0.3) is 5.91 Å². The van der Waals surface area contributed by atoms with Crippen LogP contribution in [0.2, 0.25) is 0 Å². The van der Waals surface area contributed by atoms with E-state index in [1.54, 1.807) is 31.4 Å². The van der Waals surface area contributed by atoms with E-state index in [-0.39, 0.29) is 5.91 Å². The maximum absolute atomic E-state index is 11.5. The van der Waals surface area contributed by atoms with E-state index in [9.17, 15) is 4.79 Å². The van der Waals surface area contributed by atoms with Crippen LogP contribution in [0.15, 0.2) is 24.3 Å². The molecule has 3 heteroatoms. The number of carbonyl (C=O) groups excluding carboxylic acids is 1. The summed E-state index contributed by atoms with van der Waals surface area (Å²) in [6, 6.07) is 9.45. The van der Waals surface area contributed by atoms with Crippen molar-refractivity contribution in [2.75, 3.05) is 7.11 Å². The first-order chi connectivity index (χ1) is 7.27. The Morgan fingerprint density at radius 1 is 1.40 bits per heavy atom. The van der Waals surface area contributed by atoms with Crippen molar-refractivity contribution in [3.8, 4) is 17.7 Å². The molecule has 0 spiro atoms. The van der Waals surface area contributed by atoms with Gasteiger partial charge < -0.3 is 4.74 Å². The molecule has 0 saturated heterocycles. The zero-order valence-electron chi connectivity index (χ0n) is 8.83. The van der Waals surface area contributed by atoms with Crippen LogP contribution in [0, 0.1) is 12.0 Å². The normalized spacial score (nSPS) is 8.67. The van der Waals surface area contributed by atoms with Crippen LogP contribution in [0.25, 0.3) is 0 Å². The lowest BCUT2D eigenvalue weighted by Gasteiger charge is -2.01. The minimum absolute atomic E-state index is 0.196. The Morgan fingerprint density at radius 2 is 2.07 bits per heavy atom. The van der Waals surface area contributed by atoms with Gasteiger partial charge in [0, 0.05) is 18.0 Å². The molecule has 1 aromatic rings. The predicted molar refractivity (Wildman–Crippen MR) is 58.5 cm³/mol. The number of nitrogens with one attached hydrogen (secondary N) is 1. The van der Waals surface area contributed by atoms with Gasteiger partial charge in [-0.15, -0.1) is 0 Å². The van der Waals surface area contributed by atoms with Crippen LogP contribution < -0.4 is 10.1 Å². The van der Waals surface area contributed by atoms with E-state index in [4.69, 9.17) is 4.74 Å². The molecule has 0 bridgehead atoms. The van der Waals surface area contributed by atoms with Gasteiger partial charge in [-0.25, -0.2) is 0 Å². The van der Waals surface area contributed by atoms with Crippen molar-refractivity contribution in [1.29, 1.82) is 0 Å². The maximum atomic E-state index is 11.5. The van der Waals surface area contributed by atoms with Crippen molar-refractivity contribution in [1.82, 2.24) is 5.32 Å². The quantitative estimate of drug-likeness (QED) is 0.588. The van der Waals surface area contributed by atoms with Crippen LogP contribution in [0.4, 0.5) is 0 Å². The zero-order chi connectivity index (χ0) is 11.1. The maximum Gasteiger partial charge on any atom is 0.262 e. The van der Waals surface area contributed by atoms with Crippen molar-refractivity contribution in [2.24, 2.45) is 0 Å². The van der Waals surface area contributed by atoms with Crippen LogP contribution >= 0.6 is 0 Å². The summed E-state index contributed by atoms with van der Waals surface area (Å²) in [6.45, 7) is 1.92. The average Bonchev–Trinajstić information content (AvgIpc) is 2.29. The fourth-order valence-electron chi connectivity index (χ4n) is 1.00. The van der Waals surface area contributed by atoms with Crippen molar-refractivity contribution < 1.29 is 9.53 Å². The Morgan fingerprint density at radius 3 is 2.60 bits per heavy atom. The summed E-state index contributed by atoms with van der Waals surface area (Å²) in [4.78, 5) is 11.5. The monoisotopic (exact) mass is 203 g/mol. The Hall–Kier alpha value is -1.95. The molecule has 0 atom stereocenters. The molecule has 0 aromatic heterocycles. The molecule has 0 unspecified atom stereocenters. The Kier molecular flexibility index (Phi) is 4.24. The highest BCUT2D eigenvalue weighted by molar-refractivity contribution is 5.95. The number of rotatable bonds is 2. The molecule has 0 heterocycles. The molecule has 0 saturated carbocycles. The van der Waals surface area contributed by atoms with Gasteiger partial charge in [-0.3, -0.25) is 10.1 Å². The van der Waals surface area contributed by atoms with Gasteiger partial charge in [0.05, 0.1) is 7.11 Å². The molecular formula is C12H13NO2. The second-order valence-corrected chi connectivity index (χ2v) is 2.84. The first-order valence-corrected chi connectivity index (χ1v) is 4.70. The number of ether oxygens (including phenoxy) is 1. The van der Waals surface area contributed by atoms with E-state index >= 15 is 0 Å². The predicted octanol–water partition coefficient (Wildman–Crippen LogP) is 1.80. The van der Waals surface area contributed by atoms with Crippen molar-refractivity contribution in [2.45, 2.75) is 13.3 Å². The van der Waals surface area contributed by atoms with Gasteiger partial charge in [-0.2, -0.15) is 0 Å². The Bertz CT molecular complexity index is 384. The molecule has 78 valence electrons. The second-order valence-electron chi connectivity index (χ2n) is 2.84. The van der Waals surface area contributed by atoms with Crippen LogP contribution in [0.3, 0.4) is 0 Å². The molecule has 0 radical (unpaired) electrons. The summed E-state index contributed by atoms with van der Waals surface area (Å²) < 4.78 is 4.99. The van der Waals surface area contributed by atoms with Gasteiger partial charge in [0.1, 0.15) is 5.75 Å². The highest BCUT2D eigenvalue weighted by Crippen LogP contribution is 2.10. The molecule has 1 aromatic carbocycles. The summed E-state index contributed by atoms with van der Waals surface area (Å²) in [6.07, 6.45) is 0.725. The van der Waals surface area contributed by atoms with Crippen molar-refractivity contribution >= 4 is 5.91 Å². The van der Waals surface area contributed by atoms with Gasteiger partial charge in [0.15, 0.2) is 0 Å². The van der Waals surface area contributed by atoms with Crippen LogP contribution in [0.1, 0.15) is 23.7 Å². The van der Waals surface area contributed by atoms with E-state index < -0.39 is 0 Å². The lowest BCUT2D eigenvalue weighted by molar-refractivity contribution is 0.0973. The average molecular weight is 203 g/mol. The topological polar surface area (TPSA) is 38.3 Å². The molecular weight excluding hydrogens is 190 g/mol. The second kappa shape index (κ2) is 5.71. The molecule has 15 heavy (non-hydrogen) atoms. The fourth-order valence-corrected chi connectivity index (χ4v) is 1.00. The summed E-state index contributed by atoms with van der Waals surface area (Å²) in [7, 11) is 1.59. The van der Waals surface area contributed by atoms with Crippen LogP contribution in [0.5, 0.6) is 5.75 Å². The van der Waals surface area contributed by atoms with E-state index in [1.807, 2.05) is 6.92 Å². The lowest BCUT2D eigenvalue weighted by atomic mass is 10.2. The molecule has 1 N–H and O–H groups in total. The smallest absolute Gasteiger partial charge is 0.262 e. The molecule has 1 rings (SSSR count). The number of hydrogen-bond acceptors (Lipinski definition) is 2. The third-order valence-corrected chi connectivity index (χ3v) is 1.79. The summed E-state index contributed by atoms with van der Waals surface area (Å²) in [5.74, 6) is 3.30. The summed E-state index contributed by atoms with van der Waals surface area (Å²) in [5, 5.41) is 2.50. The van der Waals surface area contributed by atoms with Crippen LogP contribution in [-0.4, -0.2) is 13.0 Å². The number of hydrogen-bond donors (Lipinski definition) is 1. The van der Waals surface area contributed by atoms with E-state index in [0.29, 0.717) is 5.56 Å². The Labute approximate surface area is 89.4 Å². The fraction of sp³-hybridized carbons (Fsp3) is 0.250. The third kappa shape index (κ3) is 3.35. The lowest BCUT2D eigenvalue weighted by Crippen LogP contribution is -2.17. The molecule has 1 amide bonds. The van der Waals surface area contributed by atoms with Gasteiger partial charge >= 0.3 is 0 Å². The van der Waals surface area contributed by atoms with Gasteiger partial charge in [-0.1, -0.05) is 12.8 Å². The van der Waals surface area contributed by atoms with E-state index in [0.717, 1.165) is 12.2 Å². The number of methoxy groups -OCH3 is 1. The van der Waals surface area contributed by atoms with Crippen molar-refractivity contribution in [3.63, 3.8) is 0 Å². The van der Waals surface area contributed by atoms with Crippen LogP contribution in [-0.2, 0) is 0 Å². The summed E-state index contributed by atoms with van der Waals surface area (Å²) in [5.41, 5.74) is 0.571. The molecule has 0 fully saturated rings. The van der Waals surface area contributed by atoms with E-state index in [2.05, 4.69) is 17.3 Å². The zero-order valence-corrected chi connectivity index (χ0v) is 8.83.